The van der Waals surface area contributed by atoms with Crippen LogP contribution in [0.5, 0.6) is 0 Å². The van der Waals surface area contributed by atoms with Crippen molar-refractivity contribution in [3.63, 3.8) is 0 Å². The lowest BCUT2D eigenvalue weighted by Gasteiger charge is -2.41. The first-order chi connectivity index (χ1) is 16.6. The Labute approximate surface area is 212 Å². The van der Waals surface area contributed by atoms with Crippen LogP contribution < -0.4 is 0 Å². The number of allylic oxidation sites excluding steroid dienone is 2. The molecular weight excluding hydrogens is 420 g/mol. The Hall–Kier alpha value is -2.86. The van der Waals surface area contributed by atoms with Gasteiger partial charge >= 0.3 is 0 Å². The zero-order valence-electron chi connectivity index (χ0n) is 22.7. The summed E-state index contributed by atoms with van der Waals surface area (Å²) in [5.41, 5.74) is 14.4. The molecule has 2 unspecified atom stereocenters. The highest BCUT2D eigenvalue weighted by Crippen LogP contribution is 2.58. The Morgan fingerprint density at radius 1 is 0.657 bits per heavy atom. The summed E-state index contributed by atoms with van der Waals surface area (Å²) in [4.78, 5) is 0. The molecule has 0 heterocycles. The highest BCUT2D eigenvalue weighted by molar-refractivity contribution is 5.83. The molecule has 0 N–H and O–H groups in total. The average molecular weight is 461 g/mol. The van der Waals surface area contributed by atoms with Gasteiger partial charge in [0.05, 0.1) is 0 Å². The zero-order chi connectivity index (χ0) is 25.1. The maximum absolute atomic E-state index is 2.48. The summed E-state index contributed by atoms with van der Waals surface area (Å²) in [6, 6.07) is 23.2. The number of hydrogen-bond donors (Lipinski definition) is 0. The molecular formula is C35H40. The van der Waals surface area contributed by atoms with Gasteiger partial charge in [0.2, 0.25) is 0 Å². The highest BCUT2D eigenvalue weighted by atomic mass is 14.5. The Bertz CT molecular complexity index is 1320. The number of rotatable bonds is 5. The van der Waals surface area contributed by atoms with E-state index in [4.69, 9.17) is 0 Å². The molecule has 2 aliphatic rings. The normalized spacial score (nSPS) is 19.1. The van der Waals surface area contributed by atoms with E-state index in [1.165, 1.54) is 55.7 Å². The fraction of sp³-hybridized carbons (Fsp3) is 0.371. The van der Waals surface area contributed by atoms with Gasteiger partial charge in [-0.1, -0.05) is 126 Å². The summed E-state index contributed by atoms with van der Waals surface area (Å²) in [7, 11) is 0. The molecule has 35 heavy (non-hydrogen) atoms. The van der Waals surface area contributed by atoms with Crippen molar-refractivity contribution in [3.8, 4) is 11.1 Å². The highest BCUT2D eigenvalue weighted by Gasteiger charge is 2.45. The maximum Gasteiger partial charge on any atom is 0.0115 e. The van der Waals surface area contributed by atoms with Crippen molar-refractivity contribution < 1.29 is 0 Å². The number of fused-ring (bicyclic) bond motifs is 2. The molecule has 3 aromatic carbocycles. The van der Waals surface area contributed by atoms with E-state index in [1.807, 2.05) is 0 Å². The van der Waals surface area contributed by atoms with Crippen LogP contribution in [0.4, 0.5) is 0 Å². The van der Waals surface area contributed by atoms with Gasteiger partial charge in [-0.3, -0.25) is 0 Å². The van der Waals surface area contributed by atoms with Crippen molar-refractivity contribution in [1.82, 2.24) is 0 Å². The predicted octanol–water partition coefficient (Wildman–Crippen LogP) is 10.3. The van der Waals surface area contributed by atoms with Crippen molar-refractivity contribution >= 4 is 12.2 Å². The van der Waals surface area contributed by atoms with E-state index in [-0.39, 0.29) is 5.41 Å². The summed E-state index contributed by atoms with van der Waals surface area (Å²) in [5.74, 6) is 1.86. The lowest BCUT2D eigenvalue weighted by Crippen LogP contribution is -2.29. The van der Waals surface area contributed by atoms with Gasteiger partial charge in [-0.15, -0.1) is 0 Å². The lowest BCUT2D eigenvalue weighted by molar-refractivity contribution is 0.275. The fourth-order valence-corrected chi connectivity index (χ4v) is 6.92. The lowest BCUT2D eigenvalue weighted by atomic mass is 9.62. The third-order valence-electron chi connectivity index (χ3n) is 8.53. The molecule has 2 aliphatic carbocycles. The van der Waals surface area contributed by atoms with Crippen molar-refractivity contribution in [2.24, 2.45) is 5.41 Å². The van der Waals surface area contributed by atoms with Gasteiger partial charge in [-0.2, -0.15) is 0 Å². The Balaban J connectivity index is 1.63. The molecule has 180 valence electrons. The van der Waals surface area contributed by atoms with E-state index in [9.17, 15) is 0 Å². The van der Waals surface area contributed by atoms with E-state index in [2.05, 4.69) is 128 Å². The minimum absolute atomic E-state index is 0.0700. The van der Waals surface area contributed by atoms with Gasteiger partial charge in [-0.25, -0.2) is 0 Å². The minimum Gasteiger partial charge on any atom is -0.0646 e. The molecule has 0 nitrogen and oxygen atoms in total. The fourth-order valence-electron chi connectivity index (χ4n) is 6.92. The van der Waals surface area contributed by atoms with Crippen LogP contribution in [0.1, 0.15) is 112 Å². The first kappa shape index (κ1) is 23.9. The molecule has 2 atom stereocenters. The molecule has 0 radical (unpaired) electrons. The third kappa shape index (κ3) is 3.92. The van der Waals surface area contributed by atoms with Crippen LogP contribution >= 0.6 is 0 Å². The molecule has 0 saturated heterocycles. The predicted molar refractivity (Wildman–Crippen MR) is 153 cm³/mol. The summed E-state index contributed by atoms with van der Waals surface area (Å²) in [6.45, 7) is 18.8. The summed E-state index contributed by atoms with van der Waals surface area (Å²) < 4.78 is 0. The average Bonchev–Trinajstić information content (AvgIpc) is 3.34. The van der Waals surface area contributed by atoms with E-state index in [0.29, 0.717) is 23.7 Å². The quantitative estimate of drug-likeness (QED) is 0.355. The summed E-state index contributed by atoms with van der Waals surface area (Å²) in [6.07, 6.45) is 4.88. The van der Waals surface area contributed by atoms with Gasteiger partial charge in [0.1, 0.15) is 0 Å². The second-order valence-corrected chi connectivity index (χ2v) is 12.1. The van der Waals surface area contributed by atoms with E-state index in [1.54, 1.807) is 0 Å². The molecule has 0 fully saturated rings. The van der Waals surface area contributed by atoms with Crippen LogP contribution in [0.15, 0.2) is 71.8 Å². The summed E-state index contributed by atoms with van der Waals surface area (Å²) in [5, 5.41) is 0. The molecule has 0 bridgehead atoms. The monoisotopic (exact) mass is 460 g/mol. The maximum atomic E-state index is 2.48. The second-order valence-electron chi connectivity index (χ2n) is 12.1. The molecule has 0 saturated carbocycles. The SMILES string of the molecule is CC1=Cc2ccccc2C1C(C)(C)C1C(C)=Cc2c(-c3cc(C(C)C)cc(C(C)C)c3)cccc21. The molecule has 0 spiro atoms. The molecule has 0 aliphatic heterocycles. The molecule has 3 aromatic rings. The van der Waals surface area contributed by atoms with Crippen molar-refractivity contribution in [2.45, 2.75) is 79.1 Å². The second kappa shape index (κ2) is 8.66. The van der Waals surface area contributed by atoms with E-state index < -0.39 is 0 Å². The first-order valence-electron chi connectivity index (χ1n) is 13.3. The van der Waals surface area contributed by atoms with Crippen LogP contribution in [0, 0.1) is 5.41 Å². The van der Waals surface area contributed by atoms with Crippen LogP contribution in [-0.4, -0.2) is 0 Å². The largest absolute Gasteiger partial charge is 0.0646 e. The number of benzene rings is 3. The Morgan fingerprint density at radius 3 is 1.89 bits per heavy atom. The minimum atomic E-state index is 0.0700. The van der Waals surface area contributed by atoms with Gasteiger partial charge < -0.3 is 0 Å². The Morgan fingerprint density at radius 2 is 1.23 bits per heavy atom. The van der Waals surface area contributed by atoms with Crippen molar-refractivity contribution in [2.75, 3.05) is 0 Å². The van der Waals surface area contributed by atoms with E-state index in [0.717, 1.165) is 0 Å². The van der Waals surface area contributed by atoms with Crippen LogP contribution in [0.2, 0.25) is 0 Å². The van der Waals surface area contributed by atoms with Crippen LogP contribution in [0.3, 0.4) is 0 Å². The molecule has 5 rings (SSSR count). The topological polar surface area (TPSA) is 0 Å². The van der Waals surface area contributed by atoms with Crippen molar-refractivity contribution in [1.29, 1.82) is 0 Å². The van der Waals surface area contributed by atoms with Gasteiger partial charge in [-0.05, 0) is 75.6 Å². The van der Waals surface area contributed by atoms with Gasteiger partial charge in [0.25, 0.3) is 0 Å². The zero-order valence-corrected chi connectivity index (χ0v) is 22.7. The smallest absolute Gasteiger partial charge is 0.0115 e. The van der Waals surface area contributed by atoms with Gasteiger partial charge in [0, 0.05) is 11.8 Å². The number of hydrogen-bond acceptors (Lipinski definition) is 0. The molecule has 0 heteroatoms. The van der Waals surface area contributed by atoms with Crippen LogP contribution in [-0.2, 0) is 0 Å². The Kier molecular flexibility index (Phi) is 5.91. The standard InChI is InChI=1S/C35H40/c1-21(2)26-18-27(22(3)4)20-28(19-26)29-14-11-15-31-32(29)17-24(6)34(31)35(7,8)33-23(5)16-25-12-9-10-13-30(25)33/h9-22,33-34H,1-8H3. The first-order valence-corrected chi connectivity index (χ1v) is 13.3. The van der Waals surface area contributed by atoms with Crippen LogP contribution in [0.25, 0.3) is 23.3 Å². The van der Waals surface area contributed by atoms with Crippen molar-refractivity contribution in [3.05, 3.63) is 105 Å². The van der Waals surface area contributed by atoms with E-state index >= 15 is 0 Å². The van der Waals surface area contributed by atoms with Gasteiger partial charge in [0.15, 0.2) is 0 Å². The molecule has 0 aromatic heterocycles. The third-order valence-corrected chi connectivity index (χ3v) is 8.53. The molecule has 0 amide bonds. The summed E-state index contributed by atoms with van der Waals surface area (Å²) >= 11 is 0.